The highest BCUT2D eigenvalue weighted by molar-refractivity contribution is 6.05. The number of carbonyl (C=O) groups excluding carboxylic acids is 1. The van der Waals surface area contributed by atoms with Crippen LogP contribution >= 0.6 is 0 Å². The molecule has 1 amide bonds. The van der Waals surface area contributed by atoms with Crippen molar-refractivity contribution in [1.29, 1.82) is 0 Å². The molecule has 0 radical (unpaired) electrons. The van der Waals surface area contributed by atoms with E-state index >= 15 is 0 Å². The molecular weight excluding hydrogens is 329 g/mol. The molecule has 2 aromatic carbocycles. The number of fused-ring (bicyclic) bond motifs is 1. The lowest BCUT2D eigenvalue weighted by Gasteiger charge is -2.09. The number of aromatic hydroxyl groups is 1. The first-order valence-corrected chi connectivity index (χ1v) is 7.25. The van der Waals surface area contributed by atoms with Crippen molar-refractivity contribution in [1.82, 2.24) is 10.3 Å². The van der Waals surface area contributed by atoms with Gasteiger partial charge in [-0.25, -0.2) is 4.39 Å². The van der Waals surface area contributed by atoms with Gasteiger partial charge < -0.3 is 10.4 Å². The highest BCUT2D eigenvalue weighted by Crippen LogP contribution is 2.34. The Hall–Kier alpha value is -3.55. The number of non-ortho nitro benzene ring substituents is 1. The number of benzene rings is 2. The minimum atomic E-state index is -0.697. The molecule has 7 nitrogen and oxygen atoms in total. The Balaban J connectivity index is 1.94. The minimum absolute atomic E-state index is 0.0244. The van der Waals surface area contributed by atoms with E-state index in [-0.39, 0.29) is 28.7 Å². The molecule has 3 aromatic rings. The molecule has 1 heterocycles. The third-order valence-corrected chi connectivity index (χ3v) is 3.65. The van der Waals surface area contributed by atoms with Crippen molar-refractivity contribution in [3.63, 3.8) is 0 Å². The summed E-state index contributed by atoms with van der Waals surface area (Å²) in [6, 6.07) is 9.47. The van der Waals surface area contributed by atoms with Gasteiger partial charge in [0.25, 0.3) is 11.6 Å². The number of aromatic nitrogens is 1. The van der Waals surface area contributed by atoms with Gasteiger partial charge in [-0.15, -0.1) is 0 Å². The average Bonchev–Trinajstić information content (AvgIpc) is 2.61. The first-order valence-electron chi connectivity index (χ1n) is 7.25. The van der Waals surface area contributed by atoms with E-state index in [1.807, 2.05) is 0 Å². The van der Waals surface area contributed by atoms with Crippen LogP contribution in [0.15, 0.2) is 48.7 Å². The number of hydrogen-bond acceptors (Lipinski definition) is 5. The molecule has 126 valence electrons. The molecule has 0 bridgehead atoms. The van der Waals surface area contributed by atoms with E-state index < -0.39 is 22.4 Å². The predicted octanol–water partition coefficient (Wildman–Crippen LogP) is 2.92. The van der Waals surface area contributed by atoms with Crippen molar-refractivity contribution >= 4 is 22.5 Å². The number of rotatable bonds is 4. The molecule has 3 rings (SSSR count). The van der Waals surface area contributed by atoms with E-state index in [0.29, 0.717) is 5.56 Å². The molecule has 0 atom stereocenters. The lowest BCUT2D eigenvalue weighted by Crippen LogP contribution is -2.23. The smallest absolute Gasteiger partial charge is 0.279 e. The second-order valence-corrected chi connectivity index (χ2v) is 5.26. The molecule has 0 aliphatic rings. The molecule has 0 spiro atoms. The van der Waals surface area contributed by atoms with Crippen molar-refractivity contribution in [3.05, 3.63) is 75.7 Å². The molecule has 2 N–H and O–H groups in total. The summed E-state index contributed by atoms with van der Waals surface area (Å²) in [7, 11) is 0. The van der Waals surface area contributed by atoms with Gasteiger partial charge in [-0.1, -0.05) is 12.1 Å². The molecule has 1 aromatic heterocycles. The number of nitro groups is 1. The SMILES string of the molecule is O=C(NCc1ccc(F)cc1)c1cc([N+](=O)[O-])c2cccnc2c1O. The molecule has 0 saturated carbocycles. The maximum absolute atomic E-state index is 12.9. The minimum Gasteiger partial charge on any atom is -0.505 e. The number of amides is 1. The molecular formula is C17H12FN3O4. The molecule has 25 heavy (non-hydrogen) atoms. The van der Waals surface area contributed by atoms with Crippen LogP contribution in [0.5, 0.6) is 5.75 Å². The lowest BCUT2D eigenvalue weighted by molar-refractivity contribution is -0.383. The van der Waals surface area contributed by atoms with Gasteiger partial charge in [0.05, 0.1) is 15.9 Å². The predicted molar refractivity (Wildman–Crippen MR) is 87.6 cm³/mol. The number of nitrogens with zero attached hydrogens (tertiary/aromatic N) is 2. The van der Waals surface area contributed by atoms with Crippen LogP contribution < -0.4 is 5.32 Å². The molecule has 8 heteroatoms. The van der Waals surface area contributed by atoms with Crippen LogP contribution in [0.2, 0.25) is 0 Å². The van der Waals surface area contributed by atoms with Crippen LogP contribution in [-0.2, 0) is 6.54 Å². The zero-order chi connectivity index (χ0) is 18.0. The first-order chi connectivity index (χ1) is 12.0. The van der Waals surface area contributed by atoms with Crippen LogP contribution in [0.25, 0.3) is 10.9 Å². The van der Waals surface area contributed by atoms with Crippen molar-refractivity contribution in [2.24, 2.45) is 0 Å². The van der Waals surface area contributed by atoms with E-state index in [2.05, 4.69) is 10.3 Å². The van der Waals surface area contributed by atoms with Crippen molar-refractivity contribution in [2.45, 2.75) is 6.54 Å². The second kappa shape index (κ2) is 6.52. The summed E-state index contributed by atoms with van der Waals surface area (Å²) in [6.07, 6.45) is 1.37. The van der Waals surface area contributed by atoms with Gasteiger partial charge in [0, 0.05) is 18.8 Å². The summed E-state index contributed by atoms with van der Waals surface area (Å²) in [6.45, 7) is 0.0760. The highest BCUT2D eigenvalue weighted by atomic mass is 19.1. The van der Waals surface area contributed by atoms with Gasteiger partial charge in [-0.05, 0) is 29.8 Å². The standard InChI is InChI=1S/C17H12FN3O4/c18-11-5-3-10(4-6-11)9-20-17(23)13-8-14(21(24)25)12-2-1-7-19-15(12)16(13)22/h1-8,22H,9H2,(H,20,23). The van der Waals surface area contributed by atoms with Crippen molar-refractivity contribution < 1.29 is 19.2 Å². The molecule has 0 unspecified atom stereocenters. The maximum Gasteiger partial charge on any atom is 0.279 e. The fourth-order valence-electron chi connectivity index (χ4n) is 2.42. The first kappa shape index (κ1) is 16.3. The summed E-state index contributed by atoms with van der Waals surface area (Å²) in [4.78, 5) is 26.8. The normalized spacial score (nSPS) is 10.6. The van der Waals surface area contributed by atoms with E-state index in [1.54, 1.807) is 0 Å². The zero-order valence-corrected chi connectivity index (χ0v) is 12.8. The zero-order valence-electron chi connectivity index (χ0n) is 12.8. The second-order valence-electron chi connectivity index (χ2n) is 5.26. The number of phenols is 1. The van der Waals surface area contributed by atoms with Gasteiger partial charge in [0.15, 0.2) is 5.75 Å². The van der Waals surface area contributed by atoms with E-state index in [9.17, 15) is 24.4 Å². The Labute approximate surface area is 140 Å². The molecule has 0 saturated heterocycles. The summed E-state index contributed by atoms with van der Waals surface area (Å²) < 4.78 is 12.9. The maximum atomic E-state index is 12.9. The van der Waals surface area contributed by atoms with Crippen LogP contribution in [0.4, 0.5) is 10.1 Å². The van der Waals surface area contributed by atoms with Crippen LogP contribution in [0.3, 0.4) is 0 Å². The Kier molecular flexibility index (Phi) is 4.25. The van der Waals surface area contributed by atoms with E-state index in [4.69, 9.17) is 0 Å². The monoisotopic (exact) mass is 341 g/mol. The Bertz CT molecular complexity index is 974. The summed E-state index contributed by atoms with van der Waals surface area (Å²) in [5.41, 5.74) is 0.0409. The number of hydrogen-bond donors (Lipinski definition) is 2. The molecule has 0 aliphatic carbocycles. The Morgan fingerprint density at radius 3 is 2.68 bits per heavy atom. The van der Waals surface area contributed by atoms with Gasteiger partial charge in [0.2, 0.25) is 0 Å². The van der Waals surface area contributed by atoms with Gasteiger partial charge in [-0.3, -0.25) is 19.9 Å². The molecule has 0 aliphatic heterocycles. The highest BCUT2D eigenvalue weighted by Gasteiger charge is 2.23. The average molecular weight is 341 g/mol. The van der Waals surface area contributed by atoms with Crippen LogP contribution in [-0.4, -0.2) is 20.9 Å². The van der Waals surface area contributed by atoms with Gasteiger partial charge >= 0.3 is 0 Å². The van der Waals surface area contributed by atoms with Gasteiger partial charge in [0.1, 0.15) is 11.3 Å². The number of nitrogens with one attached hydrogen (secondary N) is 1. The largest absolute Gasteiger partial charge is 0.505 e. The van der Waals surface area contributed by atoms with Crippen molar-refractivity contribution in [3.8, 4) is 5.75 Å². The Morgan fingerprint density at radius 2 is 2.00 bits per heavy atom. The number of carbonyl (C=O) groups is 1. The summed E-state index contributed by atoms with van der Waals surface area (Å²) in [5.74, 6) is -1.53. The third-order valence-electron chi connectivity index (χ3n) is 3.65. The van der Waals surface area contributed by atoms with Crippen LogP contribution in [0.1, 0.15) is 15.9 Å². The third kappa shape index (κ3) is 3.23. The number of pyridine rings is 1. The quantitative estimate of drug-likeness (QED) is 0.561. The number of halogens is 1. The van der Waals surface area contributed by atoms with E-state index in [1.165, 1.54) is 42.6 Å². The summed E-state index contributed by atoms with van der Waals surface area (Å²) >= 11 is 0. The van der Waals surface area contributed by atoms with Gasteiger partial charge in [-0.2, -0.15) is 0 Å². The summed E-state index contributed by atoms with van der Waals surface area (Å²) in [5, 5.41) is 24.2. The topological polar surface area (TPSA) is 105 Å². The number of phenolic OH excluding ortho intramolecular Hbond substituents is 1. The number of nitro benzene ring substituents is 1. The molecule has 0 fully saturated rings. The fourth-order valence-corrected chi connectivity index (χ4v) is 2.42. The fraction of sp³-hybridized carbons (Fsp3) is 0.0588. The Morgan fingerprint density at radius 1 is 1.28 bits per heavy atom. The van der Waals surface area contributed by atoms with Crippen molar-refractivity contribution in [2.75, 3.05) is 0 Å². The van der Waals surface area contributed by atoms with Crippen LogP contribution in [0, 0.1) is 15.9 Å². The lowest BCUT2D eigenvalue weighted by atomic mass is 10.1. The van der Waals surface area contributed by atoms with E-state index in [0.717, 1.165) is 6.07 Å².